The molecule has 1 saturated heterocycles. The highest BCUT2D eigenvalue weighted by Crippen LogP contribution is 2.24. The van der Waals surface area contributed by atoms with Gasteiger partial charge < -0.3 is 9.80 Å². The predicted molar refractivity (Wildman–Crippen MR) is 112 cm³/mol. The van der Waals surface area contributed by atoms with Crippen LogP contribution >= 0.6 is 11.6 Å². The van der Waals surface area contributed by atoms with Crippen LogP contribution in [0.2, 0.25) is 5.02 Å². The number of hydrogen-bond donors (Lipinski definition) is 0. The first kappa shape index (κ1) is 18.7. The molecule has 0 N–H and O–H groups in total. The average Bonchev–Trinajstić information content (AvgIpc) is 3.19. The number of rotatable bonds is 4. The van der Waals surface area contributed by atoms with Gasteiger partial charge in [0.25, 0.3) is 5.91 Å². The quantitative estimate of drug-likeness (QED) is 0.672. The fourth-order valence-electron chi connectivity index (χ4n) is 3.52. The van der Waals surface area contributed by atoms with Crippen LogP contribution < -0.4 is 0 Å². The zero-order valence-electron chi connectivity index (χ0n) is 15.9. The smallest absolute Gasteiger partial charge is 0.272 e. The van der Waals surface area contributed by atoms with Gasteiger partial charge in [0.15, 0.2) is 0 Å². The summed E-state index contributed by atoms with van der Waals surface area (Å²) in [6.07, 6.45) is 0. The molecule has 144 valence electrons. The van der Waals surface area contributed by atoms with Crippen LogP contribution in [0.15, 0.2) is 60.7 Å². The molecule has 0 unspecified atom stereocenters. The molecule has 1 aromatic heterocycles. The second-order valence-electron chi connectivity index (χ2n) is 6.90. The highest BCUT2D eigenvalue weighted by Gasteiger charge is 2.25. The SMILES string of the molecule is CCN1CCN(C(=O)c2cc(-c3ccccc3)nn2-c2cccc(Cl)c2)CC1. The van der Waals surface area contributed by atoms with Gasteiger partial charge in [0.05, 0.1) is 11.4 Å². The average molecular weight is 395 g/mol. The van der Waals surface area contributed by atoms with E-state index in [2.05, 4.69) is 11.8 Å². The number of carbonyl (C=O) groups excluding carboxylic acids is 1. The van der Waals surface area contributed by atoms with Crippen molar-refractivity contribution in [1.82, 2.24) is 19.6 Å². The summed E-state index contributed by atoms with van der Waals surface area (Å²) in [4.78, 5) is 17.6. The Labute approximate surface area is 170 Å². The molecule has 2 aromatic carbocycles. The van der Waals surface area contributed by atoms with E-state index in [1.807, 2.05) is 65.6 Å². The van der Waals surface area contributed by atoms with E-state index < -0.39 is 0 Å². The second-order valence-corrected chi connectivity index (χ2v) is 7.34. The Morgan fingerprint density at radius 2 is 1.75 bits per heavy atom. The maximum Gasteiger partial charge on any atom is 0.272 e. The molecular formula is C22H23ClN4O. The van der Waals surface area contributed by atoms with Gasteiger partial charge in [0.2, 0.25) is 0 Å². The molecular weight excluding hydrogens is 372 g/mol. The third-order valence-electron chi connectivity index (χ3n) is 5.16. The van der Waals surface area contributed by atoms with Gasteiger partial charge in [0.1, 0.15) is 5.69 Å². The van der Waals surface area contributed by atoms with Crippen molar-refractivity contribution in [2.24, 2.45) is 0 Å². The van der Waals surface area contributed by atoms with Crippen molar-refractivity contribution in [3.8, 4) is 16.9 Å². The van der Waals surface area contributed by atoms with Gasteiger partial charge >= 0.3 is 0 Å². The summed E-state index contributed by atoms with van der Waals surface area (Å²) in [6, 6.07) is 19.2. The van der Waals surface area contributed by atoms with Gasteiger partial charge in [-0.3, -0.25) is 4.79 Å². The molecule has 0 aliphatic carbocycles. The molecule has 1 fully saturated rings. The fraction of sp³-hybridized carbons (Fsp3) is 0.273. The molecule has 4 rings (SSSR count). The Bertz CT molecular complexity index is 962. The van der Waals surface area contributed by atoms with E-state index in [9.17, 15) is 4.79 Å². The summed E-state index contributed by atoms with van der Waals surface area (Å²) < 4.78 is 1.71. The van der Waals surface area contributed by atoms with Crippen LogP contribution in [0.25, 0.3) is 16.9 Å². The van der Waals surface area contributed by atoms with Crippen LogP contribution in [0, 0.1) is 0 Å². The summed E-state index contributed by atoms with van der Waals surface area (Å²) in [6.45, 7) is 6.43. The predicted octanol–water partition coefficient (Wildman–Crippen LogP) is 3.97. The van der Waals surface area contributed by atoms with Crippen molar-refractivity contribution < 1.29 is 4.79 Å². The number of piperazine rings is 1. The highest BCUT2D eigenvalue weighted by molar-refractivity contribution is 6.30. The van der Waals surface area contributed by atoms with Crippen molar-refractivity contribution in [2.45, 2.75) is 6.92 Å². The molecule has 28 heavy (non-hydrogen) atoms. The molecule has 5 nitrogen and oxygen atoms in total. The molecule has 0 atom stereocenters. The molecule has 1 aliphatic heterocycles. The van der Waals surface area contributed by atoms with E-state index in [1.165, 1.54) is 0 Å². The maximum atomic E-state index is 13.3. The number of halogens is 1. The first-order valence-electron chi connectivity index (χ1n) is 9.59. The standard InChI is InChI=1S/C22H23ClN4O/c1-2-25-11-13-26(14-12-25)22(28)21-16-20(17-7-4-3-5-8-17)24-27(21)19-10-6-9-18(23)15-19/h3-10,15-16H,2,11-14H2,1H3. The van der Waals surface area contributed by atoms with E-state index in [1.54, 1.807) is 4.68 Å². The van der Waals surface area contributed by atoms with Gasteiger partial charge in [-0.05, 0) is 30.8 Å². The number of hydrogen-bond acceptors (Lipinski definition) is 3. The van der Waals surface area contributed by atoms with Gasteiger partial charge in [0, 0.05) is 36.8 Å². The van der Waals surface area contributed by atoms with Gasteiger partial charge in [-0.1, -0.05) is 54.9 Å². The van der Waals surface area contributed by atoms with Gasteiger partial charge in [-0.2, -0.15) is 5.10 Å². The molecule has 0 radical (unpaired) electrons. The van der Waals surface area contributed by atoms with E-state index in [0.717, 1.165) is 49.7 Å². The van der Waals surface area contributed by atoms with Gasteiger partial charge in [-0.25, -0.2) is 4.68 Å². The number of nitrogens with zero attached hydrogens (tertiary/aromatic N) is 4. The Morgan fingerprint density at radius 3 is 2.43 bits per heavy atom. The number of benzene rings is 2. The van der Waals surface area contributed by atoms with Crippen molar-refractivity contribution >= 4 is 17.5 Å². The normalized spacial score (nSPS) is 15.0. The van der Waals surface area contributed by atoms with E-state index in [-0.39, 0.29) is 5.91 Å². The lowest BCUT2D eigenvalue weighted by Crippen LogP contribution is -2.48. The summed E-state index contributed by atoms with van der Waals surface area (Å²) in [5.74, 6) is 0.00501. The van der Waals surface area contributed by atoms with Gasteiger partial charge in [-0.15, -0.1) is 0 Å². The minimum absolute atomic E-state index is 0.00501. The lowest BCUT2D eigenvalue weighted by Gasteiger charge is -2.34. The number of amides is 1. The Balaban J connectivity index is 1.72. The van der Waals surface area contributed by atoms with E-state index in [0.29, 0.717) is 10.7 Å². The number of aromatic nitrogens is 2. The van der Waals surface area contributed by atoms with Crippen LogP contribution in [0.4, 0.5) is 0 Å². The number of likely N-dealkylation sites (N-methyl/N-ethyl adjacent to an activating group) is 1. The van der Waals surface area contributed by atoms with Crippen molar-refractivity contribution in [3.63, 3.8) is 0 Å². The monoisotopic (exact) mass is 394 g/mol. The molecule has 0 bridgehead atoms. The van der Waals surface area contributed by atoms with Crippen LogP contribution in [0.3, 0.4) is 0 Å². The summed E-state index contributed by atoms with van der Waals surface area (Å²) in [5.41, 5.74) is 3.10. The molecule has 1 amide bonds. The molecule has 0 saturated carbocycles. The Hall–Kier alpha value is -2.63. The summed E-state index contributed by atoms with van der Waals surface area (Å²) in [7, 11) is 0. The zero-order chi connectivity index (χ0) is 19.5. The third-order valence-corrected chi connectivity index (χ3v) is 5.39. The van der Waals surface area contributed by atoms with Crippen molar-refractivity contribution in [1.29, 1.82) is 0 Å². The van der Waals surface area contributed by atoms with Crippen LogP contribution in [0.5, 0.6) is 0 Å². The molecule has 6 heteroatoms. The second kappa shape index (κ2) is 8.17. The molecule has 2 heterocycles. The van der Waals surface area contributed by atoms with Crippen molar-refractivity contribution in [2.75, 3.05) is 32.7 Å². The topological polar surface area (TPSA) is 41.4 Å². The van der Waals surface area contributed by atoms with Crippen LogP contribution in [0.1, 0.15) is 17.4 Å². The lowest BCUT2D eigenvalue weighted by molar-refractivity contribution is 0.0634. The lowest BCUT2D eigenvalue weighted by atomic mass is 10.1. The van der Waals surface area contributed by atoms with Crippen molar-refractivity contribution in [3.05, 3.63) is 71.4 Å². The van der Waals surface area contributed by atoms with E-state index >= 15 is 0 Å². The minimum Gasteiger partial charge on any atom is -0.335 e. The first-order valence-corrected chi connectivity index (χ1v) is 9.96. The molecule has 1 aliphatic rings. The molecule has 3 aromatic rings. The van der Waals surface area contributed by atoms with Crippen LogP contribution in [-0.4, -0.2) is 58.2 Å². The highest BCUT2D eigenvalue weighted by atomic mass is 35.5. The minimum atomic E-state index is 0.00501. The fourth-order valence-corrected chi connectivity index (χ4v) is 3.70. The summed E-state index contributed by atoms with van der Waals surface area (Å²) >= 11 is 6.19. The van der Waals surface area contributed by atoms with E-state index in [4.69, 9.17) is 16.7 Å². The molecule has 0 spiro atoms. The number of carbonyl (C=O) groups is 1. The third kappa shape index (κ3) is 3.81. The maximum absolute atomic E-state index is 13.3. The van der Waals surface area contributed by atoms with Crippen LogP contribution in [-0.2, 0) is 0 Å². The Kier molecular flexibility index (Phi) is 5.46. The first-order chi connectivity index (χ1) is 13.7. The zero-order valence-corrected chi connectivity index (χ0v) is 16.6. The summed E-state index contributed by atoms with van der Waals surface area (Å²) in [5, 5.41) is 5.35. The Morgan fingerprint density at radius 1 is 1.00 bits per heavy atom. The largest absolute Gasteiger partial charge is 0.335 e.